The van der Waals surface area contributed by atoms with Crippen molar-refractivity contribution in [1.82, 2.24) is 0 Å². The Bertz CT molecular complexity index is 150. The normalized spacial score (nSPS) is 20.5. The maximum atomic E-state index is 5.93. The topological polar surface area (TPSA) is 0 Å². The highest BCUT2D eigenvalue weighted by Gasteiger charge is 2.28. The summed E-state index contributed by atoms with van der Waals surface area (Å²) in [7, 11) is 0. The quantitative estimate of drug-likeness (QED) is 0.447. The molecule has 0 unspecified atom stereocenters. The minimum absolute atomic E-state index is 0.371. The van der Waals surface area contributed by atoms with Crippen LogP contribution in [0.15, 0.2) is 24.8 Å². The lowest BCUT2D eigenvalue weighted by molar-refractivity contribution is 0.331. The van der Waals surface area contributed by atoms with Crippen molar-refractivity contribution in [3.05, 3.63) is 24.8 Å². The number of rotatable bonds is 4. The molecule has 62 valence electrons. The molecule has 0 aromatic rings. The van der Waals surface area contributed by atoms with Crippen molar-refractivity contribution in [2.75, 3.05) is 5.88 Å². The van der Waals surface area contributed by atoms with Crippen LogP contribution in [-0.4, -0.2) is 5.88 Å². The molecule has 0 amide bonds. The van der Waals surface area contributed by atoms with Crippen LogP contribution >= 0.6 is 11.6 Å². The van der Waals surface area contributed by atoms with Gasteiger partial charge in [0, 0.05) is 5.88 Å². The number of alkyl halides is 1. The van der Waals surface area contributed by atoms with E-state index in [1.54, 1.807) is 0 Å². The molecule has 0 nitrogen and oxygen atoms in total. The van der Waals surface area contributed by atoms with Crippen LogP contribution in [0.1, 0.15) is 25.7 Å². The largest absolute Gasteiger partial charge is 0.126 e. The van der Waals surface area contributed by atoms with E-state index in [9.17, 15) is 0 Å². The molecule has 0 radical (unpaired) electrons. The summed E-state index contributed by atoms with van der Waals surface area (Å²) in [5.41, 5.74) is 0.371. The van der Waals surface area contributed by atoms with Gasteiger partial charge in [0.25, 0.3) is 0 Å². The van der Waals surface area contributed by atoms with Gasteiger partial charge in [-0.1, -0.05) is 18.2 Å². The first-order valence-electron chi connectivity index (χ1n) is 4.15. The van der Waals surface area contributed by atoms with Crippen molar-refractivity contribution in [2.24, 2.45) is 5.41 Å². The molecular formula is C10H15Cl. The molecule has 1 heteroatoms. The highest BCUT2D eigenvalue weighted by atomic mass is 35.5. The second-order valence-corrected chi connectivity index (χ2v) is 3.61. The Labute approximate surface area is 73.9 Å². The maximum Gasteiger partial charge on any atom is 0.0286 e. The van der Waals surface area contributed by atoms with E-state index in [1.807, 2.05) is 6.08 Å². The summed E-state index contributed by atoms with van der Waals surface area (Å²) in [6.07, 6.45) is 11.1. The van der Waals surface area contributed by atoms with Crippen LogP contribution in [0.2, 0.25) is 0 Å². The monoisotopic (exact) mass is 170 g/mol. The summed E-state index contributed by atoms with van der Waals surface area (Å²) in [4.78, 5) is 0. The van der Waals surface area contributed by atoms with E-state index in [1.165, 1.54) is 6.42 Å². The summed E-state index contributed by atoms with van der Waals surface area (Å²) >= 11 is 5.93. The zero-order chi connectivity index (χ0) is 8.16. The van der Waals surface area contributed by atoms with Gasteiger partial charge in [-0.15, -0.1) is 18.2 Å². The van der Waals surface area contributed by atoms with Gasteiger partial charge in [-0.2, -0.15) is 0 Å². The summed E-state index contributed by atoms with van der Waals surface area (Å²) < 4.78 is 0. The number of halogens is 1. The number of hydrogen-bond donors (Lipinski definition) is 0. The molecule has 1 aliphatic carbocycles. The molecule has 0 N–H and O–H groups in total. The lowest BCUT2D eigenvalue weighted by Crippen LogP contribution is -2.18. The first-order valence-corrected chi connectivity index (χ1v) is 4.68. The fourth-order valence-corrected chi connectivity index (χ4v) is 1.89. The smallest absolute Gasteiger partial charge is 0.0286 e. The third-order valence-corrected chi connectivity index (χ3v) is 3.00. The molecule has 0 heterocycles. The molecule has 0 saturated carbocycles. The highest BCUT2D eigenvalue weighted by molar-refractivity contribution is 6.18. The molecule has 0 bridgehead atoms. The van der Waals surface area contributed by atoms with E-state index in [2.05, 4.69) is 18.7 Å². The summed E-state index contributed by atoms with van der Waals surface area (Å²) in [6, 6.07) is 0. The number of hydrogen-bond acceptors (Lipinski definition) is 0. The van der Waals surface area contributed by atoms with Crippen LogP contribution < -0.4 is 0 Å². The van der Waals surface area contributed by atoms with E-state index >= 15 is 0 Å². The predicted molar refractivity (Wildman–Crippen MR) is 51.0 cm³/mol. The van der Waals surface area contributed by atoms with Gasteiger partial charge in [0.05, 0.1) is 0 Å². The van der Waals surface area contributed by atoms with Crippen molar-refractivity contribution in [1.29, 1.82) is 0 Å². The van der Waals surface area contributed by atoms with E-state index < -0.39 is 0 Å². The molecule has 1 aliphatic rings. The van der Waals surface area contributed by atoms with Crippen molar-refractivity contribution >= 4 is 11.6 Å². The molecule has 0 fully saturated rings. The first-order chi connectivity index (χ1) is 5.33. The van der Waals surface area contributed by atoms with Crippen molar-refractivity contribution in [2.45, 2.75) is 25.7 Å². The van der Waals surface area contributed by atoms with Crippen LogP contribution in [0.5, 0.6) is 0 Å². The van der Waals surface area contributed by atoms with E-state index in [-0.39, 0.29) is 0 Å². The third-order valence-electron chi connectivity index (χ3n) is 2.43. The maximum absolute atomic E-state index is 5.93. The fraction of sp³-hybridized carbons (Fsp3) is 0.600. The van der Waals surface area contributed by atoms with Crippen LogP contribution in [0, 0.1) is 5.41 Å². The van der Waals surface area contributed by atoms with Crippen LogP contribution in [-0.2, 0) is 0 Å². The SMILES string of the molecule is C=CCCC1(CCl)CC=CC1. The Hall–Kier alpha value is -0.230. The summed E-state index contributed by atoms with van der Waals surface area (Å²) in [5.74, 6) is 0.786. The molecule has 1 rings (SSSR count). The Kier molecular flexibility index (Phi) is 3.19. The average molecular weight is 171 g/mol. The number of allylic oxidation sites excluding steroid dienone is 3. The van der Waals surface area contributed by atoms with Gasteiger partial charge in [-0.3, -0.25) is 0 Å². The van der Waals surface area contributed by atoms with Crippen molar-refractivity contribution < 1.29 is 0 Å². The zero-order valence-electron chi connectivity index (χ0n) is 6.85. The Morgan fingerprint density at radius 1 is 1.45 bits per heavy atom. The Morgan fingerprint density at radius 3 is 2.55 bits per heavy atom. The van der Waals surface area contributed by atoms with Gasteiger partial charge in [-0.25, -0.2) is 0 Å². The molecule has 0 aromatic heterocycles. The average Bonchev–Trinajstić information content (AvgIpc) is 2.50. The van der Waals surface area contributed by atoms with Crippen LogP contribution in [0.25, 0.3) is 0 Å². The minimum atomic E-state index is 0.371. The van der Waals surface area contributed by atoms with Crippen molar-refractivity contribution in [3.63, 3.8) is 0 Å². The van der Waals surface area contributed by atoms with Gasteiger partial charge in [0.15, 0.2) is 0 Å². The van der Waals surface area contributed by atoms with Gasteiger partial charge in [-0.05, 0) is 31.1 Å². The first kappa shape index (κ1) is 8.86. The lowest BCUT2D eigenvalue weighted by atomic mass is 9.83. The molecule has 0 saturated heterocycles. The second-order valence-electron chi connectivity index (χ2n) is 3.34. The second kappa shape index (κ2) is 3.96. The molecule has 0 aliphatic heterocycles. The summed E-state index contributed by atoms with van der Waals surface area (Å²) in [6.45, 7) is 3.72. The van der Waals surface area contributed by atoms with E-state index in [0.717, 1.165) is 25.1 Å². The molecule has 0 aromatic carbocycles. The predicted octanol–water partition coefficient (Wildman–Crippen LogP) is 3.53. The fourth-order valence-electron chi connectivity index (χ4n) is 1.54. The van der Waals surface area contributed by atoms with Gasteiger partial charge >= 0.3 is 0 Å². The third kappa shape index (κ3) is 2.10. The molecule has 11 heavy (non-hydrogen) atoms. The molecule has 0 atom stereocenters. The van der Waals surface area contributed by atoms with Gasteiger partial charge < -0.3 is 0 Å². The Balaban J connectivity index is 2.41. The highest BCUT2D eigenvalue weighted by Crippen LogP contribution is 2.38. The zero-order valence-corrected chi connectivity index (χ0v) is 7.61. The van der Waals surface area contributed by atoms with Gasteiger partial charge in [0.1, 0.15) is 0 Å². The van der Waals surface area contributed by atoms with E-state index in [4.69, 9.17) is 11.6 Å². The van der Waals surface area contributed by atoms with Crippen LogP contribution in [0.3, 0.4) is 0 Å². The molecular weight excluding hydrogens is 156 g/mol. The van der Waals surface area contributed by atoms with Crippen molar-refractivity contribution in [3.8, 4) is 0 Å². The minimum Gasteiger partial charge on any atom is -0.126 e. The standard InChI is InChI=1S/C10H15Cl/c1-2-3-6-10(9-11)7-4-5-8-10/h2,4-5H,1,3,6-9H2. The van der Waals surface area contributed by atoms with E-state index in [0.29, 0.717) is 5.41 Å². The molecule has 0 spiro atoms. The lowest BCUT2D eigenvalue weighted by Gasteiger charge is -2.25. The Morgan fingerprint density at radius 2 is 2.09 bits per heavy atom. The van der Waals surface area contributed by atoms with Crippen LogP contribution in [0.4, 0.5) is 0 Å². The van der Waals surface area contributed by atoms with Gasteiger partial charge in [0.2, 0.25) is 0 Å². The summed E-state index contributed by atoms with van der Waals surface area (Å²) in [5, 5.41) is 0.